The zero-order valence-electron chi connectivity index (χ0n) is 11.0. The number of nitrogens with zero attached hydrogens (tertiary/aromatic N) is 1. The fraction of sp³-hybridized carbons (Fsp3) is 0.500. The van der Waals surface area contributed by atoms with E-state index in [-0.39, 0.29) is 24.0 Å². The molecule has 2 atom stereocenters. The minimum Gasteiger partial charge on any atom is -0.332 e. The molecule has 0 saturated carbocycles. The minimum atomic E-state index is -0.139. The van der Waals surface area contributed by atoms with Crippen LogP contribution in [0.5, 0.6) is 0 Å². The maximum absolute atomic E-state index is 12.0. The number of rotatable bonds is 2. The van der Waals surface area contributed by atoms with Gasteiger partial charge in [0.1, 0.15) is 0 Å². The van der Waals surface area contributed by atoms with Crippen molar-refractivity contribution in [2.45, 2.75) is 45.3 Å². The molecule has 3 nitrogen and oxygen atoms in total. The van der Waals surface area contributed by atoms with Gasteiger partial charge in [-0.3, -0.25) is 4.79 Å². The van der Waals surface area contributed by atoms with Gasteiger partial charge in [0.05, 0.1) is 6.04 Å². The van der Waals surface area contributed by atoms with Crippen molar-refractivity contribution in [3.63, 3.8) is 0 Å². The first-order chi connectivity index (χ1) is 8.41. The predicted octanol–water partition coefficient (Wildman–Crippen LogP) is 2.66. The highest BCUT2D eigenvalue weighted by molar-refractivity contribution is 6.30. The highest BCUT2D eigenvalue weighted by Crippen LogP contribution is 2.35. The zero-order valence-corrected chi connectivity index (χ0v) is 11.7. The molecule has 4 heteroatoms. The van der Waals surface area contributed by atoms with Gasteiger partial charge in [-0.05, 0) is 44.0 Å². The molecule has 0 aliphatic carbocycles. The van der Waals surface area contributed by atoms with Crippen LogP contribution in [0.2, 0.25) is 5.02 Å². The maximum atomic E-state index is 12.0. The summed E-state index contributed by atoms with van der Waals surface area (Å²) in [6, 6.07) is 5.75. The van der Waals surface area contributed by atoms with Crippen LogP contribution in [0.4, 0.5) is 0 Å². The van der Waals surface area contributed by atoms with Crippen LogP contribution < -0.4 is 5.73 Å². The van der Waals surface area contributed by atoms with E-state index in [2.05, 4.69) is 0 Å². The lowest BCUT2D eigenvalue weighted by molar-refractivity contribution is -0.130. The third kappa shape index (κ3) is 2.25. The van der Waals surface area contributed by atoms with Crippen LogP contribution in [0.15, 0.2) is 18.2 Å². The van der Waals surface area contributed by atoms with Gasteiger partial charge in [0.25, 0.3) is 0 Å². The summed E-state index contributed by atoms with van der Waals surface area (Å²) >= 11 is 5.98. The van der Waals surface area contributed by atoms with Crippen LogP contribution in [0.1, 0.15) is 37.4 Å². The second kappa shape index (κ2) is 4.90. The Morgan fingerprint density at radius 2 is 2.11 bits per heavy atom. The minimum absolute atomic E-state index is 0.0326. The Morgan fingerprint density at radius 3 is 2.67 bits per heavy atom. The van der Waals surface area contributed by atoms with Crippen molar-refractivity contribution < 1.29 is 4.79 Å². The summed E-state index contributed by atoms with van der Waals surface area (Å²) in [7, 11) is 0. The molecule has 1 aromatic carbocycles. The monoisotopic (exact) mass is 266 g/mol. The molecule has 0 spiro atoms. The number of likely N-dealkylation sites (tertiary alicyclic amines) is 1. The SMILES string of the molecule is Cc1cc(Cl)ccc1C1C(N)CC(=O)N1C(C)C. The third-order valence-corrected chi connectivity index (χ3v) is 3.75. The standard InChI is InChI=1S/C14H19ClN2O/c1-8(2)17-13(18)7-12(16)14(17)11-5-4-10(15)6-9(11)3/h4-6,8,12,14H,7,16H2,1-3H3. The molecule has 2 rings (SSSR count). The molecular formula is C14H19ClN2O. The fourth-order valence-electron chi connectivity index (χ4n) is 2.74. The van der Waals surface area contributed by atoms with Gasteiger partial charge in [0, 0.05) is 23.5 Å². The van der Waals surface area contributed by atoms with Gasteiger partial charge in [0.15, 0.2) is 0 Å². The van der Waals surface area contributed by atoms with Crippen molar-refractivity contribution in [1.29, 1.82) is 0 Å². The van der Waals surface area contributed by atoms with Gasteiger partial charge >= 0.3 is 0 Å². The first-order valence-electron chi connectivity index (χ1n) is 6.24. The van der Waals surface area contributed by atoms with E-state index in [1.807, 2.05) is 43.9 Å². The lowest BCUT2D eigenvalue weighted by atomic mass is 9.96. The Morgan fingerprint density at radius 1 is 1.44 bits per heavy atom. The summed E-state index contributed by atoms with van der Waals surface area (Å²) < 4.78 is 0. The lowest BCUT2D eigenvalue weighted by Gasteiger charge is -2.31. The van der Waals surface area contributed by atoms with E-state index in [1.165, 1.54) is 0 Å². The lowest BCUT2D eigenvalue weighted by Crippen LogP contribution is -2.38. The van der Waals surface area contributed by atoms with Crippen LogP contribution in [-0.2, 0) is 4.79 Å². The Hall–Kier alpha value is -1.06. The molecule has 1 aliphatic heterocycles. The molecule has 1 amide bonds. The second-order valence-corrected chi connectivity index (χ2v) is 5.64. The number of amides is 1. The van der Waals surface area contributed by atoms with Crippen LogP contribution in [0.3, 0.4) is 0 Å². The van der Waals surface area contributed by atoms with E-state index in [9.17, 15) is 4.79 Å². The summed E-state index contributed by atoms with van der Waals surface area (Å²) in [6.45, 7) is 6.05. The first-order valence-corrected chi connectivity index (χ1v) is 6.62. The molecule has 1 fully saturated rings. The Bertz CT molecular complexity index is 473. The van der Waals surface area contributed by atoms with Crippen molar-refractivity contribution in [2.75, 3.05) is 0 Å². The number of carbonyl (C=O) groups is 1. The summed E-state index contributed by atoms with van der Waals surface area (Å²) in [4.78, 5) is 13.9. The van der Waals surface area contributed by atoms with Crippen molar-refractivity contribution in [1.82, 2.24) is 4.90 Å². The number of halogens is 1. The van der Waals surface area contributed by atoms with Gasteiger partial charge in [-0.1, -0.05) is 17.7 Å². The summed E-state index contributed by atoms with van der Waals surface area (Å²) in [6.07, 6.45) is 0.422. The number of benzene rings is 1. The third-order valence-electron chi connectivity index (χ3n) is 3.51. The van der Waals surface area contributed by atoms with Crippen LogP contribution in [0.25, 0.3) is 0 Å². The van der Waals surface area contributed by atoms with E-state index >= 15 is 0 Å². The quantitative estimate of drug-likeness (QED) is 0.895. The summed E-state index contributed by atoms with van der Waals surface area (Å²) in [5.41, 5.74) is 8.33. The molecule has 0 bridgehead atoms. The van der Waals surface area contributed by atoms with E-state index < -0.39 is 0 Å². The highest BCUT2D eigenvalue weighted by Gasteiger charge is 2.40. The molecule has 2 N–H and O–H groups in total. The topological polar surface area (TPSA) is 46.3 Å². The number of aryl methyl sites for hydroxylation is 1. The smallest absolute Gasteiger partial charge is 0.225 e. The number of hydrogen-bond donors (Lipinski definition) is 1. The molecule has 2 unspecified atom stereocenters. The molecule has 18 heavy (non-hydrogen) atoms. The van der Waals surface area contributed by atoms with Gasteiger partial charge < -0.3 is 10.6 Å². The molecule has 1 heterocycles. The summed E-state index contributed by atoms with van der Waals surface area (Å²) in [5, 5.41) is 0.713. The second-order valence-electron chi connectivity index (χ2n) is 5.21. The van der Waals surface area contributed by atoms with Crippen LogP contribution >= 0.6 is 11.6 Å². The number of hydrogen-bond acceptors (Lipinski definition) is 2. The molecule has 1 saturated heterocycles. The average Bonchev–Trinajstić information content (AvgIpc) is 2.53. The molecule has 0 radical (unpaired) electrons. The van der Waals surface area contributed by atoms with Gasteiger partial charge in [-0.15, -0.1) is 0 Å². The predicted molar refractivity (Wildman–Crippen MR) is 73.5 cm³/mol. The van der Waals surface area contributed by atoms with Crippen LogP contribution in [0, 0.1) is 6.92 Å². The normalized spacial score (nSPS) is 24.1. The van der Waals surface area contributed by atoms with E-state index in [0.29, 0.717) is 11.4 Å². The average molecular weight is 267 g/mol. The summed E-state index contributed by atoms with van der Waals surface area (Å²) in [5.74, 6) is 0.136. The molecule has 0 aromatic heterocycles. The Labute approximate surface area is 113 Å². The first kappa shape index (κ1) is 13.4. The van der Waals surface area contributed by atoms with Gasteiger partial charge in [0.2, 0.25) is 5.91 Å². The van der Waals surface area contributed by atoms with Gasteiger partial charge in [-0.25, -0.2) is 0 Å². The van der Waals surface area contributed by atoms with Crippen molar-refractivity contribution in [3.8, 4) is 0 Å². The fourth-order valence-corrected chi connectivity index (χ4v) is 2.97. The van der Waals surface area contributed by atoms with Crippen molar-refractivity contribution in [2.24, 2.45) is 5.73 Å². The largest absolute Gasteiger partial charge is 0.332 e. The van der Waals surface area contributed by atoms with Crippen molar-refractivity contribution >= 4 is 17.5 Å². The van der Waals surface area contributed by atoms with E-state index in [0.717, 1.165) is 11.1 Å². The Kier molecular flexibility index (Phi) is 3.64. The maximum Gasteiger partial charge on any atom is 0.225 e. The van der Waals surface area contributed by atoms with Gasteiger partial charge in [-0.2, -0.15) is 0 Å². The Balaban J connectivity index is 2.43. The number of nitrogens with two attached hydrogens (primary N) is 1. The number of carbonyl (C=O) groups excluding carboxylic acids is 1. The molecule has 1 aliphatic rings. The van der Waals surface area contributed by atoms with Crippen LogP contribution in [-0.4, -0.2) is 22.9 Å². The zero-order chi connectivity index (χ0) is 13.4. The molecular weight excluding hydrogens is 248 g/mol. The highest BCUT2D eigenvalue weighted by atomic mass is 35.5. The molecule has 98 valence electrons. The van der Waals surface area contributed by atoms with Crippen molar-refractivity contribution in [3.05, 3.63) is 34.3 Å². The van der Waals surface area contributed by atoms with E-state index in [4.69, 9.17) is 17.3 Å². The molecule has 1 aromatic rings. The van der Waals surface area contributed by atoms with E-state index in [1.54, 1.807) is 0 Å².